The molecule has 0 N–H and O–H groups in total. The van der Waals surface area contributed by atoms with E-state index in [9.17, 15) is 13.6 Å². The van der Waals surface area contributed by atoms with E-state index in [0.717, 1.165) is 19.4 Å². The van der Waals surface area contributed by atoms with Crippen LogP contribution in [0, 0.1) is 5.92 Å². The number of hydrogen-bond acceptors (Lipinski definition) is 4. The molecule has 1 aromatic carbocycles. The summed E-state index contributed by atoms with van der Waals surface area (Å²) in [6.07, 6.45) is 2.68. The minimum absolute atomic E-state index is 0.125. The van der Waals surface area contributed by atoms with Gasteiger partial charge in [-0.3, -0.25) is 9.78 Å². The Labute approximate surface area is 180 Å². The first kappa shape index (κ1) is 16.2. The van der Waals surface area contributed by atoms with Crippen LogP contribution in [0.15, 0.2) is 59.7 Å². The number of ether oxygens (including phenoxy) is 1. The molecule has 0 atom stereocenters. The van der Waals surface area contributed by atoms with Crippen LogP contribution in [0.1, 0.15) is 29.1 Å². The lowest BCUT2D eigenvalue weighted by atomic mass is 10.1. The zero-order valence-electron chi connectivity index (χ0n) is 19.3. The molecular weight excluding hydrogens is 402 g/mol. The Bertz CT molecular complexity index is 1390. The Kier molecular flexibility index (Phi) is 3.97. The third-order valence-electron chi connectivity index (χ3n) is 5.44. The van der Waals surface area contributed by atoms with Gasteiger partial charge in [0.15, 0.2) is 0 Å². The molecule has 0 saturated heterocycles. The van der Waals surface area contributed by atoms with E-state index in [-0.39, 0.29) is 11.4 Å². The monoisotopic (exact) mass is 425 g/mol. The second-order valence-electron chi connectivity index (χ2n) is 7.61. The summed E-state index contributed by atoms with van der Waals surface area (Å²) >= 11 is 0. The molecule has 0 unspecified atom stereocenters. The largest absolute Gasteiger partial charge is 0.497 e. The van der Waals surface area contributed by atoms with E-state index in [1.54, 1.807) is 0 Å². The number of halogens is 2. The molecule has 1 fully saturated rings. The minimum atomic E-state index is -2.71. The van der Waals surface area contributed by atoms with Gasteiger partial charge in [-0.1, -0.05) is 6.07 Å². The molecule has 1 aliphatic rings. The molecule has 158 valence electrons. The highest BCUT2D eigenvalue weighted by molar-refractivity contribution is 5.91. The third kappa shape index (κ3) is 3.58. The minimum Gasteiger partial charge on any atom is -0.497 e. The summed E-state index contributed by atoms with van der Waals surface area (Å²) in [6.45, 7) is 0.741. The SMILES string of the molecule is [2H]C([2H])([2H])Oc1ccc(-n2nc3ccn(CC4CC4)c3c(-c3ccc(C(F)F)nc3)c2=O)cc1. The van der Waals surface area contributed by atoms with Gasteiger partial charge in [-0.05, 0) is 55.2 Å². The summed E-state index contributed by atoms with van der Waals surface area (Å²) in [5.74, 6) is 0.663. The van der Waals surface area contributed by atoms with Crippen LogP contribution in [0.5, 0.6) is 5.75 Å². The maximum atomic E-state index is 13.7. The maximum Gasteiger partial charge on any atom is 0.281 e. The van der Waals surface area contributed by atoms with E-state index in [4.69, 9.17) is 8.85 Å². The highest BCUT2D eigenvalue weighted by atomic mass is 19.3. The van der Waals surface area contributed by atoms with Crippen molar-refractivity contribution in [1.29, 1.82) is 0 Å². The summed E-state index contributed by atoms with van der Waals surface area (Å²) in [5, 5.41) is 4.52. The normalized spacial score (nSPS) is 15.6. The molecule has 0 aliphatic heterocycles. The quantitative estimate of drug-likeness (QED) is 0.453. The van der Waals surface area contributed by atoms with E-state index in [2.05, 4.69) is 10.1 Å². The van der Waals surface area contributed by atoms with E-state index in [1.807, 2.05) is 16.8 Å². The van der Waals surface area contributed by atoms with Crippen molar-refractivity contribution in [3.05, 3.63) is 70.9 Å². The van der Waals surface area contributed by atoms with E-state index >= 15 is 0 Å². The first-order valence-corrected chi connectivity index (χ1v) is 9.86. The molecule has 0 radical (unpaired) electrons. The molecule has 1 saturated carbocycles. The summed E-state index contributed by atoms with van der Waals surface area (Å²) < 4.78 is 55.8. The first-order chi connectivity index (χ1) is 16.2. The van der Waals surface area contributed by atoms with Crippen molar-refractivity contribution in [1.82, 2.24) is 19.3 Å². The van der Waals surface area contributed by atoms with Crippen LogP contribution in [0.3, 0.4) is 0 Å². The molecule has 0 bridgehead atoms. The van der Waals surface area contributed by atoms with Crippen LogP contribution in [-0.2, 0) is 6.54 Å². The Morgan fingerprint density at radius 3 is 2.65 bits per heavy atom. The number of aromatic nitrogens is 4. The van der Waals surface area contributed by atoms with E-state index in [1.165, 1.54) is 47.3 Å². The predicted molar refractivity (Wildman–Crippen MR) is 113 cm³/mol. The summed E-state index contributed by atoms with van der Waals surface area (Å²) in [5.41, 5.74) is 1.50. The van der Waals surface area contributed by atoms with Gasteiger partial charge in [-0.15, -0.1) is 0 Å². The van der Waals surface area contributed by atoms with Crippen molar-refractivity contribution in [3.63, 3.8) is 0 Å². The third-order valence-corrected chi connectivity index (χ3v) is 5.44. The van der Waals surface area contributed by atoms with Gasteiger partial charge in [0.1, 0.15) is 17.0 Å². The number of nitrogens with zero attached hydrogens (tertiary/aromatic N) is 4. The fourth-order valence-electron chi connectivity index (χ4n) is 3.68. The Morgan fingerprint density at radius 2 is 2.00 bits per heavy atom. The lowest BCUT2D eigenvalue weighted by Crippen LogP contribution is -2.24. The van der Waals surface area contributed by atoms with Crippen LogP contribution < -0.4 is 10.3 Å². The summed E-state index contributed by atoms with van der Waals surface area (Å²) in [6, 6.07) is 10.4. The van der Waals surface area contributed by atoms with Gasteiger partial charge in [0.2, 0.25) is 0 Å². The number of benzene rings is 1. The average Bonchev–Trinajstić information content (AvgIpc) is 3.52. The standard InChI is InChI=1S/C23H20F2N4O2/c1-31-17-7-5-16(6-8-17)29-23(30)20(15-4-9-19(22(24)25)26-12-15)21-18(27-29)10-11-28(21)13-14-2-3-14/h4-12,14,22H,2-3,13H2,1H3/i1D3. The van der Waals surface area contributed by atoms with Gasteiger partial charge in [0.25, 0.3) is 12.0 Å². The number of rotatable bonds is 6. The second kappa shape index (κ2) is 7.61. The summed E-state index contributed by atoms with van der Waals surface area (Å²) in [4.78, 5) is 17.5. The first-order valence-electron chi connectivity index (χ1n) is 11.4. The van der Waals surface area contributed by atoms with Crippen molar-refractivity contribution < 1.29 is 17.6 Å². The van der Waals surface area contributed by atoms with E-state index < -0.39 is 19.0 Å². The second-order valence-corrected chi connectivity index (χ2v) is 7.61. The Balaban J connectivity index is 1.65. The zero-order chi connectivity index (χ0) is 24.0. The molecule has 5 rings (SSSR count). The molecule has 0 spiro atoms. The van der Waals surface area contributed by atoms with Gasteiger partial charge >= 0.3 is 0 Å². The molecule has 8 heteroatoms. The number of alkyl halides is 2. The smallest absolute Gasteiger partial charge is 0.281 e. The fraction of sp³-hybridized carbons (Fsp3) is 0.261. The number of pyridine rings is 1. The molecule has 0 amide bonds. The summed E-state index contributed by atoms with van der Waals surface area (Å²) in [7, 11) is -2.59. The molecule has 3 heterocycles. The molecule has 31 heavy (non-hydrogen) atoms. The van der Waals surface area contributed by atoms with Gasteiger partial charge < -0.3 is 9.30 Å². The topological polar surface area (TPSA) is 61.9 Å². The molecule has 4 aromatic rings. The number of fused-ring (bicyclic) bond motifs is 1. The van der Waals surface area contributed by atoms with Crippen molar-refractivity contribution in [2.45, 2.75) is 25.8 Å². The average molecular weight is 425 g/mol. The van der Waals surface area contributed by atoms with Crippen LogP contribution in [-0.4, -0.2) is 26.4 Å². The fourth-order valence-corrected chi connectivity index (χ4v) is 3.68. The molecular formula is C23H20F2N4O2. The number of methoxy groups -OCH3 is 1. The van der Waals surface area contributed by atoms with Gasteiger partial charge in [-0.2, -0.15) is 9.78 Å². The predicted octanol–water partition coefficient (Wildman–Crippen LogP) is 4.61. The van der Waals surface area contributed by atoms with Gasteiger partial charge in [0.05, 0.1) is 27.9 Å². The molecule has 6 nitrogen and oxygen atoms in total. The van der Waals surface area contributed by atoms with Gasteiger partial charge in [0, 0.05) is 24.5 Å². The number of hydrogen-bond donors (Lipinski definition) is 0. The van der Waals surface area contributed by atoms with Crippen molar-refractivity contribution in [3.8, 4) is 22.6 Å². The maximum absolute atomic E-state index is 13.7. The van der Waals surface area contributed by atoms with Crippen molar-refractivity contribution in [2.75, 3.05) is 7.04 Å². The van der Waals surface area contributed by atoms with Crippen LogP contribution in [0.25, 0.3) is 27.8 Å². The Hall–Kier alpha value is -3.55. The zero-order valence-corrected chi connectivity index (χ0v) is 16.3. The lowest BCUT2D eigenvalue weighted by molar-refractivity contribution is 0.146. The van der Waals surface area contributed by atoms with E-state index in [0.29, 0.717) is 33.8 Å². The van der Waals surface area contributed by atoms with Crippen molar-refractivity contribution >= 4 is 11.0 Å². The highest BCUT2D eigenvalue weighted by Crippen LogP contribution is 2.34. The van der Waals surface area contributed by atoms with Crippen LogP contribution in [0.2, 0.25) is 0 Å². The Morgan fingerprint density at radius 1 is 1.19 bits per heavy atom. The molecule has 3 aromatic heterocycles. The van der Waals surface area contributed by atoms with Crippen LogP contribution >= 0.6 is 0 Å². The lowest BCUT2D eigenvalue weighted by Gasteiger charge is -2.13. The highest BCUT2D eigenvalue weighted by Gasteiger charge is 2.25. The van der Waals surface area contributed by atoms with Crippen LogP contribution in [0.4, 0.5) is 8.78 Å². The molecule has 1 aliphatic carbocycles. The van der Waals surface area contributed by atoms with Gasteiger partial charge in [-0.25, -0.2) is 8.78 Å². The van der Waals surface area contributed by atoms with Crippen molar-refractivity contribution in [2.24, 2.45) is 5.92 Å².